The van der Waals surface area contributed by atoms with Gasteiger partial charge in [-0.1, -0.05) is 17.4 Å². The summed E-state index contributed by atoms with van der Waals surface area (Å²) in [6, 6.07) is 11.7. The molecule has 0 fully saturated rings. The van der Waals surface area contributed by atoms with Gasteiger partial charge in [-0.3, -0.25) is 10.1 Å². The van der Waals surface area contributed by atoms with E-state index in [1.165, 1.54) is 47.0 Å². The molecule has 0 aliphatic heterocycles. The zero-order valence-corrected chi connectivity index (χ0v) is 17.2. The smallest absolute Gasteiger partial charge is 0.257 e. The highest BCUT2D eigenvalue weighted by Crippen LogP contribution is 2.27. The second kappa shape index (κ2) is 7.38. The average molecular weight is 404 g/mol. The SMILES string of the molecule is Cc1ccc2nc(NC(=O)c3ccc(S(=O)(=O)N(C)C(C)C)cc3)sc2c1. The number of hydrogen-bond acceptors (Lipinski definition) is 5. The summed E-state index contributed by atoms with van der Waals surface area (Å²) < 4.78 is 27.3. The first-order valence-corrected chi connectivity index (χ1v) is 10.7. The molecule has 2 aromatic carbocycles. The highest BCUT2D eigenvalue weighted by molar-refractivity contribution is 7.89. The third-order valence-electron chi connectivity index (χ3n) is 4.29. The lowest BCUT2D eigenvalue weighted by Gasteiger charge is -2.20. The zero-order chi connectivity index (χ0) is 19.8. The normalized spacial score (nSPS) is 12.1. The van der Waals surface area contributed by atoms with Crippen molar-refractivity contribution < 1.29 is 13.2 Å². The van der Waals surface area contributed by atoms with Crippen LogP contribution in [0.15, 0.2) is 47.4 Å². The van der Waals surface area contributed by atoms with Crippen LogP contribution < -0.4 is 5.32 Å². The third-order valence-corrected chi connectivity index (χ3v) is 7.27. The fraction of sp³-hybridized carbons (Fsp3) is 0.263. The number of aryl methyl sites for hydroxylation is 1. The lowest BCUT2D eigenvalue weighted by molar-refractivity contribution is 0.102. The van der Waals surface area contributed by atoms with Crippen molar-refractivity contribution in [1.29, 1.82) is 0 Å². The topological polar surface area (TPSA) is 79.4 Å². The van der Waals surface area contributed by atoms with Crippen molar-refractivity contribution in [3.63, 3.8) is 0 Å². The first-order valence-electron chi connectivity index (χ1n) is 8.45. The number of nitrogens with one attached hydrogen (secondary N) is 1. The number of amides is 1. The van der Waals surface area contributed by atoms with Gasteiger partial charge in [0.15, 0.2) is 5.13 Å². The Kier molecular flexibility index (Phi) is 5.32. The number of hydrogen-bond donors (Lipinski definition) is 1. The van der Waals surface area contributed by atoms with Crippen LogP contribution in [0.5, 0.6) is 0 Å². The van der Waals surface area contributed by atoms with Gasteiger partial charge < -0.3 is 0 Å². The minimum atomic E-state index is -3.57. The molecular formula is C19H21N3O3S2. The van der Waals surface area contributed by atoms with E-state index in [1.807, 2.05) is 25.1 Å². The molecule has 0 radical (unpaired) electrons. The molecule has 1 heterocycles. The lowest BCUT2D eigenvalue weighted by Crippen LogP contribution is -2.33. The molecule has 142 valence electrons. The van der Waals surface area contributed by atoms with Crippen molar-refractivity contribution in [1.82, 2.24) is 9.29 Å². The summed E-state index contributed by atoms with van der Waals surface area (Å²) in [4.78, 5) is 17.0. The van der Waals surface area contributed by atoms with E-state index in [2.05, 4.69) is 10.3 Å². The molecule has 6 nitrogen and oxygen atoms in total. The van der Waals surface area contributed by atoms with E-state index in [9.17, 15) is 13.2 Å². The van der Waals surface area contributed by atoms with E-state index in [0.29, 0.717) is 10.7 Å². The van der Waals surface area contributed by atoms with Gasteiger partial charge in [0, 0.05) is 18.7 Å². The Morgan fingerprint density at radius 3 is 2.44 bits per heavy atom. The molecule has 1 N–H and O–H groups in total. The molecule has 0 aliphatic rings. The number of fused-ring (bicyclic) bond motifs is 1. The average Bonchev–Trinajstić information content (AvgIpc) is 3.02. The van der Waals surface area contributed by atoms with Gasteiger partial charge in [-0.2, -0.15) is 4.31 Å². The highest BCUT2D eigenvalue weighted by Gasteiger charge is 2.23. The number of sulfonamides is 1. The number of rotatable bonds is 5. The van der Waals surface area contributed by atoms with Gasteiger partial charge in [-0.25, -0.2) is 13.4 Å². The van der Waals surface area contributed by atoms with Crippen molar-refractivity contribution in [2.75, 3.05) is 12.4 Å². The van der Waals surface area contributed by atoms with Crippen LogP contribution in [0.4, 0.5) is 5.13 Å². The lowest BCUT2D eigenvalue weighted by atomic mass is 10.2. The molecule has 0 saturated heterocycles. The van der Waals surface area contributed by atoms with E-state index < -0.39 is 10.0 Å². The largest absolute Gasteiger partial charge is 0.298 e. The quantitative estimate of drug-likeness (QED) is 0.701. The molecule has 8 heteroatoms. The van der Waals surface area contributed by atoms with Crippen LogP contribution in [0.2, 0.25) is 0 Å². The Bertz CT molecular complexity index is 1090. The number of anilines is 1. The molecule has 0 bridgehead atoms. The summed E-state index contributed by atoms with van der Waals surface area (Å²) in [5.41, 5.74) is 2.34. The van der Waals surface area contributed by atoms with E-state index in [1.54, 1.807) is 13.8 Å². The molecule has 0 spiro atoms. The Labute approximate surface area is 162 Å². The van der Waals surface area contributed by atoms with Gasteiger partial charge >= 0.3 is 0 Å². The van der Waals surface area contributed by atoms with Gasteiger partial charge in [0.1, 0.15) is 0 Å². The van der Waals surface area contributed by atoms with Crippen LogP contribution in [0, 0.1) is 6.92 Å². The maximum Gasteiger partial charge on any atom is 0.257 e. The van der Waals surface area contributed by atoms with Crippen molar-refractivity contribution in [3.05, 3.63) is 53.6 Å². The van der Waals surface area contributed by atoms with E-state index in [0.717, 1.165) is 15.8 Å². The molecule has 0 aliphatic carbocycles. The second-order valence-electron chi connectivity index (χ2n) is 6.58. The summed E-state index contributed by atoms with van der Waals surface area (Å²) in [5.74, 6) is -0.327. The summed E-state index contributed by atoms with van der Waals surface area (Å²) in [6.45, 7) is 5.61. The minimum absolute atomic E-state index is 0.152. The highest BCUT2D eigenvalue weighted by atomic mass is 32.2. The Balaban J connectivity index is 1.79. The number of nitrogens with zero attached hydrogens (tertiary/aromatic N) is 2. The Morgan fingerprint density at radius 2 is 1.81 bits per heavy atom. The number of carbonyl (C=O) groups excluding carboxylic acids is 1. The van der Waals surface area contributed by atoms with Gasteiger partial charge in [-0.15, -0.1) is 0 Å². The molecular weight excluding hydrogens is 382 g/mol. The molecule has 27 heavy (non-hydrogen) atoms. The maximum atomic E-state index is 12.5. The summed E-state index contributed by atoms with van der Waals surface area (Å²) in [7, 11) is -2.03. The second-order valence-corrected chi connectivity index (χ2v) is 9.61. The monoisotopic (exact) mass is 403 g/mol. The van der Waals surface area contributed by atoms with E-state index in [4.69, 9.17) is 0 Å². The van der Waals surface area contributed by atoms with Gasteiger partial charge in [0.2, 0.25) is 10.0 Å². The van der Waals surface area contributed by atoms with Crippen molar-refractivity contribution in [2.45, 2.75) is 31.7 Å². The molecule has 0 unspecified atom stereocenters. The maximum absolute atomic E-state index is 12.5. The van der Waals surface area contributed by atoms with Gasteiger partial charge in [0.25, 0.3) is 5.91 Å². The number of aromatic nitrogens is 1. The number of thiazole rings is 1. The van der Waals surface area contributed by atoms with E-state index in [-0.39, 0.29) is 16.8 Å². The molecule has 0 saturated carbocycles. The van der Waals surface area contributed by atoms with Gasteiger partial charge in [-0.05, 0) is 62.7 Å². The summed E-state index contributed by atoms with van der Waals surface area (Å²) in [5, 5.41) is 3.29. The minimum Gasteiger partial charge on any atom is -0.298 e. The molecule has 3 rings (SSSR count). The molecule has 3 aromatic rings. The molecule has 1 aromatic heterocycles. The number of benzene rings is 2. The standard InChI is InChI=1S/C19H21N3O3S2/c1-12(2)22(4)27(24,25)15-8-6-14(7-9-15)18(23)21-19-20-16-10-5-13(3)11-17(16)26-19/h5-12H,1-4H3,(H,20,21,23). The third kappa shape index (κ3) is 4.02. The van der Waals surface area contributed by atoms with Crippen LogP contribution in [0.3, 0.4) is 0 Å². The van der Waals surface area contributed by atoms with Crippen LogP contribution in [0.25, 0.3) is 10.2 Å². The van der Waals surface area contributed by atoms with Gasteiger partial charge in [0.05, 0.1) is 15.1 Å². The zero-order valence-electron chi connectivity index (χ0n) is 15.6. The Hall–Kier alpha value is -2.29. The fourth-order valence-corrected chi connectivity index (χ4v) is 4.80. The van der Waals surface area contributed by atoms with Crippen LogP contribution in [-0.2, 0) is 10.0 Å². The first kappa shape index (κ1) is 19.5. The van der Waals surface area contributed by atoms with Crippen molar-refractivity contribution >= 4 is 42.6 Å². The molecule has 0 atom stereocenters. The summed E-state index contributed by atoms with van der Waals surface area (Å²) in [6.07, 6.45) is 0. The number of carbonyl (C=O) groups is 1. The van der Waals surface area contributed by atoms with Crippen LogP contribution in [-0.4, -0.2) is 36.7 Å². The predicted molar refractivity (Wildman–Crippen MR) is 109 cm³/mol. The Morgan fingerprint density at radius 1 is 1.15 bits per heavy atom. The van der Waals surface area contributed by atoms with E-state index >= 15 is 0 Å². The predicted octanol–water partition coefficient (Wildman–Crippen LogP) is 3.89. The van der Waals surface area contributed by atoms with Crippen molar-refractivity contribution in [3.8, 4) is 0 Å². The molecule has 1 amide bonds. The van der Waals surface area contributed by atoms with Crippen molar-refractivity contribution in [2.24, 2.45) is 0 Å². The van der Waals surface area contributed by atoms with Crippen LogP contribution >= 0.6 is 11.3 Å². The summed E-state index contributed by atoms with van der Waals surface area (Å²) >= 11 is 1.40. The van der Waals surface area contributed by atoms with Crippen LogP contribution in [0.1, 0.15) is 29.8 Å². The fourth-order valence-electron chi connectivity index (χ4n) is 2.48. The first-order chi connectivity index (χ1) is 12.7.